The monoisotopic (exact) mass is 386 g/mol. The van der Waals surface area contributed by atoms with Crippen molar-refractivity contribution in [2.45, 2.75) is 7.43 Å². The molecule has 9 heteroatoms. The molecule has 0 bridgehead atoms. The Balaban J connectivity index is 0.00000312. The van der Waals surface area contributed by atoms with Crippen molar-refractivity contribution in [1.82, 2.24) is 0 Å². The van der Waals surface area contributed by atoms with E-state index in [1.807, 2.05) is 0 Å². The van der Waals surface area contributed by atoms with Crippen LogP contribution in [0.15, 0.2) is 36.4 Å². The van der Waals surface area contributed by atoms with E-state index in [2.05, 4.69) is 11.1 Å². The van der Waals surface area contributed by atoms with Gasteiger partial charge in [-0.3, -0.25) is 14.9 Å². The number of anilines is 1. The first-order chi connectivity index (χ1) is 11.4. The summed E-state index contributed by atoms with van der Waals surface area (Å²) in [5.41, 5.74) is 3.98. The fourth-order valence-corrected chi connectivity index (χ4v) is 2.29. The second kappa shape index (κ2) is 9.22. The van der Waals surface area contributed by atoms with Crippen molar-refractivity contribution in [3.63, 3.8) is 0 Å². The Kier molecular flexibility index (Phi) is 7.63. The summed E-state index contributed by atoms with van der Waals surface area (Å²) in [7, 11) is 0. The van der Waals surface area contributed by atoms with E-state index in [1.54, 1.807) is 12.1 Å². The topological polar surface area (TPSA) is 109 Å². The standard InChI is InChI=1S/C15H13Cl2N3O4.CH4/c16-9-1-4-14(24-6-5-18)11(7-9)15(21)19-13-3-2-10(20(22)23)8-12(13)17;/h1-4,7-8H,5-6,18H2,(H,19,21);1H4/p+1. The lowest BCUT2D eigenvalue weighted by molar-refractivity contribution is -0.384. The maximum absolute atomic E-state index is 12.5. The molecule has 0 atom stereocenters. The summed E-state index contributed by atoms with van der Waals surface area (Å²) in [4.78, 5) is 22.6. The quantitative estimate of drug-likeness (QED) is 0.585. The second-order valence-corrected chi connectivity index (χ2v) is 5.56. The number of nitrogens with one attached hydrogen (secondary N) is 1. The van der Waals surface area contributed by atoms with E-state index in [0.717, 1.165) is 6.07 Å². The number of benzene rings is 2. The molecule has 0 saturated heterocycles. The van der Waals surface area contributed by atoms with Crippen LogP contribution in [0.4, 0.5) is 11.4 Å². The van der Waals surface area contributed by atoms with Crippen LogP contribution in [0.5, 0.6) is 5.75 Å². The van der Waals surface area contributed by atoms with Gasteiger partial charge in [-0.15, -0.1) is 0 Å². The number of halogens is 2. The van der Waals surface area contributed by atoms with Crippen LogP contribution in [0.3, 0.4) is 0 Å². The van der Waals surface area contributed by atoms with Crippen LogP contribution in [-0.2, 0) is 0 Å². The van der Waals surface area contributed by atoms with Gasteiger partial charge in [-0.25, -0.2) is 0 Å². The number of quaternary nitrogens is 1. The molecule has 134 valence electrons. The van der Waals surface area contributed by atoms with E-state index in [-0.39, 0.29) is 29.4 Å². The highest BCUT2D eigenvalue weighted by Gasteiger charge is 2.16. The highest BCUT2D eigenvalue weighted by molar-refractivity contribution is 6.34. The van der Waals surface area contributed by atoms with Crippen LogP contribution in [-0.4, -0.2) is 24.0 Å². The minimum absolute atomic E-state index is 0. The molecule has 4 N–H and O–H groups in total. The van der Waals surface area contributed by atoms with Crippen molar-refractivity contribution in [1.29, 1.82) is 0 Å². The molecule has 7 nitrogen and oxygen atoms in total. The van der Waals surface area contributed by atoms with Gasteiger partial charge in [0.2, 0.25) is 0 Å². The average Bonchev–Trinajstić information content (AvgIpc) is 2.55. The van der Waals surface area contributed by atoms with Crippen LogP contribution in [0.2, 0.25) is 10.0 Å². The summed E-state index contributed by atoms with van der Waals surface area (Å²) in [6, 6.07) is 8.43. The molecule has 0 radical (unpaired) electrons. The molecule has 0 fully saturated rings. The zero-order chi connectivity index (χ0) is 17.7. The summed E-state index contributed by atoms with van der Waals surface area (Å²) in [6.07, 6.45) is 0. The predicted molar refractivity (Wildman–Crippen MR) is 97.5 cm³/mol. The van der Waals surface area contributed by atoms with E-state index in [0.29, 0.717) is 23.9 Å². The van der Waals surface area contributed by atoms with Crippen LogP contribution in [0, 0.1) is 10.1 Å². The molecule has 25 heavy (non-hydrogen) atoms. The number of nitro benzene ring substituents is 1. The van der Waals surface area contributed by atoms with Crippen LogP contribution >= 0.6 is 23.2 Å². The Bertz CT molecular complexity index is 784. The number of nitrogens with zero attached hydrogens (tertiary/aromatic N) is 1. The number of carbonyl (C=O) groups excluding carboxylic acids is 1. The van der Waals surface area contributed by atoms with E-state index in [1.165, 1.54) is 18.2 Å². The number of carbonyl (C=O) groups is 1. The van der Waals surface area contributed by atoms with Gasteiger partial charge in [0.15, 0.2) is 0 Å². The summed E-state index contributed by atoms with van der Waals surface area (Å²) in [5, 5.41) is 13.7. The van der Waals surface area contributed by atoms with Gasteiger partial charge in [0, 0.05) is 17.2 Å². The Hall–Kier alpha value is -2.35. The molecule has 0 heterocycles. The normalized spacial score (nSPS) is 9.88. The number of non-ortho nitro benzene ring substituents is 1. The second-order valence-electron chi connectivity index (χ2n) is 4.72. The molecule has 0 aliphatic rings. The largest absolute Gasteiger partial charge is 0.487 e. The van der Waals surface area contributed by atoms with Gasteiger partial charge in [0.05, 0.1) is 21.2 Å². The van der Waals surface area contributed by atoms with Crippen molar-refractivity contribution in [2.24, 2.45) is 0 Å². The molecule has 0 aromatic heterocycles. The van der Waals surface area contributed by atoms with Crippen molar-refractivity contribution in [2.75, 3.05) is 18.5 Å². The van der Waals surface area contributed by atoms with Gasteiger partial charge in [-0.1, -0.05) is 30.6 Å². The summed E-state index contributed by atoms with van der Waals surface area (Å²) >= 11 is 11.9. The Morgan fingerprint density at radius 2 is 1.96 bits per heavy atom. The number of nitro groups is 1. The van der Waals surface area contributed by atoms with Gasteiger partial charge in [0.25, 0.3) is 11.6 Å². The van der Waals surface area contributed by atoms with Crippen molar-refractivity contribution >= 4 is 40.5 Å². The van der Waals surface area contributed by atoms with Gasteiger partial charge in [-0.2, -0.15) is 0 Å². The Morgan fingerprint density at radius 1 is 1.24 bits per heavy atom. The van der Waals surface area contributed by atoms with Crippen LogP contribution < -0.4 is 15.8 Å². The maximum Gasteiger partial charge on any atom is 0.271 e. The Morgan fingerprint density at radius 3 is 2.56 bits per heavy atom. The third-order valence-electron chi connectivity index (χ3n) is 3.00. The molecular weight excluding hydrogens is 369 g/mol. The van der Waals surface area contributed by atoms with Crippen molar-refractivity contribution in [3.05, 3.63) is 62.1 Å². The zero-order valence-electron chi connectivity index (χ0n) is 12.4. The van der Waals surface area contributed by atoms with Gasteiger partial charge < -0.3 is 15.8 Å². The van der Waals surface area contributed by atoms with E-state index in [9.17, 15) is 14.9 Å². The van der Waals surface area contributed by atoms with Crippen molar-refractivity contribution < 1.29 is 20.2 Å². The Labute approximate surface area is 154 Å². The fraction of sp³-hybridized carbons (Fsp3) is 0.188. The van der Waals surface area contributed by atoms with Crippen molar-refractivity contribution in [3.8, 4) is 5.75 Å². The molecule has 2 aromatic carbocycles. The summed E-state index contributed by atoms with van der Waals surface area (Å²) < 4.78 is 5.48. The number of hydrogen-bond acceptors (Lipinski definition) is 4. The predicted octanol–water partition coefficient (Wildman–Crippen LogP) is 3.41. The number of rotatable bonds is 6. The molecular formula is C16H18Cl2N3O4+. The third-order valence-corrected chi connectivity index (χ3v) is 3.55. The molecule has 0 aliphatic heterocycles. The molecule has 2 rings (SSSR count). The fourth-order valence-electron chi connectivity index (χ4n) is 1.90. The highest BCUT2D eigenvalue weighted by atomic mass is 35.5. The lowest BCUT2D eigenvalue weighted by atomic mass is 10.1. The molecule has 0 aliphatic carbocycles. The molecule has 0 unspecified atom stereocenters. The maximum atomic E-state index is 12.5. The van der Waals surface area contributed by atoms with E-state index in [4.69, 9.17) is 27.9 Å². The number of ether oxygens (including phenoxy) is 1. The van der Waals surface area contributed by atoms with Crippen LogP contribution in [0.25, 0.3) is 0 Å². The van der Waals surface area contributed by atoms with Gasteiger partial charge >= 0.3 is 0 Å². The average molecular weight is 387 g/mol. The van der Waals surface area contributed by atoms with E-state index >= 15 is 0 Å². The third kappa shape index (κ3) is 5.32. The molecule has 1 amide bonds. The summed E-state index contributed by atoms with van der Waals surface area (Å²) in [6.45, 7) is 0.887. The number of hydrogen-bond donors (Lipinski definition) is 2. The minimum Gasteiger partial charge on any atom is -0.487 e. The van der Waals surface area contributed by atoms with Gasteiger partial charge in [-0.05, 0) is 24.3 Å². The highest BCUT2D eigenvalue weighted by Crippen LogP contribution is 2.29. The first kappa shape index (κ1) is 20.7. The first-order valence-electron chi connectivity index (χ1n) is 6.89. The lowest BCUT2D eigenvalue weighted by Gasteiger charge is -2.12. The molecule has 2 aromatic rings. The minimum atomic E-state index is -0.570. The summed E-state index contributed by atoms with van der Waals surface area (Å²) in [5.74, 6) is -0.133. The lowest BCUT2D eigenvalue weighted by Crippen LogP contribution is -2.52. The molecule has 0 saturated carbocycles. The smallest absolute Gasteiger partial charge is 0.271 e. The zero-order valence-corrected chi connectivity index (χ0v) is 13.9. The molecule has 0 spiro atoms. The SMILES string of the molecule is C.[NH3+]CCOc1ccc(Cl)cc1C(=O)Nc1ccc([N+](=O)[O-])cc1Cl. The first-order valence-corrected chi connectivity index (χ1v) is 7.65. The van der Waals surface area contributed by atoms with Gasteiger partial charge in [0.1, 0.15) is 18.9 Å². The number of amides is 1. The van der Waals surface area contributed by atoms with Crippen LogP contribution in [0.1, 0.15) is 17.8 Å². The van der Waals surface area contributed by atoms with E-state index < -0.39 is 10.8 Å².